The van der Waals surface area contributed by atoms with Crippen LogP contribution in [0.5, 0.6) is 0 Å². The highest BCUT2D eigenvalue weighted by atomic mass is 32.2. The molecule has 0 fully saturated rings. The number of likely N-dealkylation sites (N-methyl/N-ethyl adjacent to an activating group) is 1. The van der Waals surface area contributed by atoms with Gasteiger partial charge >= 0.3 is 5.97 Å². The maximum absolute atomic E-state index is 11.2. The Labute approximate surface area is 92.6 Å². The molecule has 0 aliphatic heterocycles. The molecule has 82 valence electrons. The van der Waals surface area contributed by atoms with E-state index in [9.17, 15) is 4.79 Å². The number of nitrogens with one attached hydrogen (secondary N) is 1. The third kappa shape index (κ3) is 3.85. The van der Waals surface area contributed by atoms with Crippen LogP contribution in [-0.2, 0) is 9.53 Å². The second kappa shape index (κ2) is 6.36. The molecule has 5 nitrogen and oxygen atoms in total. The maximum Gasteiger partial charge on any atom is 0.323 e. The van der Waals surface area contributed by atoms with E-state index in [1.54, 1.807) is 19.3 Å². The lowest BCUT2D eigenvalue weighted by molar-refractivity contribution is -0.142. The van der Waals surface area contributed by atoms with Crippen LogP contribution in [0.25, 0.3) is 0 Å². The molecule has 15 heavy (non-hydrogen) atoms. The Kier molecular flexibility index (Phi) is 5.06. The van der Waals surface area contributed by atoms with Crippen LogP contribution in [0.4, 0.5) is 0 Å². The number of carbonyl (C=O) groups excluding carboxylic acids is 1. The van der Waals surface area contributed by atoms with Crippen molar-refractivity contribution < 1.29 is 9.53 Å². The fourth-order valence-corrected chi connectivity index (χ4v) is 1.86. The van der Waals surface area contributed by atoms with Crippen LogP contribution in [0.2, 0.25) is 0 Å². The molecule has 0 saturated carbocycles. The molecule has 1 N–H and O–H groups in total. The van der Waals surface area contributed by atoms with Gasteiger partial charge in [0.15, 0.2) is 0 Å². The fraction of sp³-hybridized carbons (Fsp3) is 0.444. The normalized spacial score (nSPS) is 12.1. The first-order valence-electron chi connectivity index (χ1n) is 4.42. The van der Waals surface area contributed by atoms with Crippen molar-refractivity contribution in [2.75, 3.05) is 19.9 Å². The average molecular weight is 227 g/mol. The lowest BCUT2D eigenvalue weighted by Crippen LogP contribution is -2.37. The summed E-state index contributed by atoms with van der Waals surface area (Å²) >= 11 is 1.48. The van der Waals surface area contributed by atoms with Crippen molar-refractivity contribution in [3.63, 3.8) is 0 Å². The van der Waals surface area contributed by atoms with Crippen molar-refractivity contribution in [3.05, 3.63) is 18.6 Å². The summed E-state index contributed by atoms with van der Waals surface area (Å²) in [5, 5.41) is 3.73. The molecule has 0 aliphatic rings. The minimum Gasteiger partial charge on any atom is -0.468 e. The number of methoxy groups -OCH3 is 1. The van der Waals surface area contributed by atoms with Crippen molar-refractivity contribution >= 4 is 17.7 Å². The Bertz CT molecular complexity index is 307. The third-order valence-electron chi connectivity index (χ3n) is 1.79. The van der Waals surface area contributed by atoms with Crippen LogP contribution in [0.15, 0.2) is 23.6 Å². The van der Waals surface area contributed by atoms with Crippen molar-refractivity contribution in [1.82, 2.24) is 15.3 Å². The molecule has 0 bridgehead atoms. The van der Waals surface area contributed by atoms with Gasteiger partial charge in [-0.15, -0.1) is 11.8 Å². The number of rotatable bonds is 5. The molecular weight excluding hydrogens is 214 g/mol. The van der Waals surface area contributed by atoms with Gasteiger partial charge in [0.05, 0.1) is 12.1 Å². The minimum absolute atomic E-state index is 0.265. The molecule has 0 spiro atoms. The van der Waals surface area contributed by atoms with E-state index in [1.165, 1.54) is 25.2 Å². The van der Waals surface area contributed by atoms with Crippen molar-refractivity contribution in [1.29, 1.82) is 0 Å². The molecular formula is C9H13N3O2S. The predicted octanol–water partition coefficient (Wildman–Crippen LogP) is 0.330. The summed E-state index contributed by atoms with van der Waals surface area (Å²) in [7, 11) is 3.10. The van der Waals surface area contributed by atoms with Crippen LogP contribution < -0.4 is 5.32 Å². The van der Waals surface area contributed by atoms with E-state index >= 15 is 0 Å². The summed E-state index contributed by atoms with van der Waals surface area (Å²) in [6, 6.07) is 1.49. The first-order valence-corrected chi connectivity index (χ1v) is 5.40. The zero-order valence-electron chi connectivity index (χ0n) is 8.64. The number of esters is 1. The number of thioether (sulfide) groups is 1. The van der Waals surface area contributed by atoms with E-state index < -0.39 is 0 Å². The first kappa shape index (κ1) is 11.9. The van der Waals surface area contributed by atoms with Gasteiger partial charge in [0.2, 0.25) is 0 Å². The largest absolute Gasteiger partial charge is 0.468 e. The molecule has 0 radical (unpaired) electrons. The number of nitrogens with zero attached hydrogens (tertiary/aromatic N) is 2. The lowest BCUT2D eigenvalue weighted by atomic mass is 10.3. The highest BCUT2D eigenvalue weighted by Crippen LogP contribution is 2.14. The number of hydrogen-bond donors (Lipinski definition) is 1. The van der Waals surface area contributed by atoms with Gasteiger partial charge in [0, 0.05) is 11.9 Å². The quantitative estimate of drug-likeness (QED) is 0.444. The molecule has 1 atom stereocenters. The highest BCUT2D eigenvalue weighted by molar-refractivity contribution is 7.99. The van der Waals surface area contributed by atoms with E-state index in [0.29, 0.717) is 5.75 Å². The molecule has 6 heteroatoms. The van der Waals surface area contributed by atoms with Gasteiger partial charge in [-0.25, -0.2) is 9.97 Å². The van der Waals surface area contributed by atoms with Crippen LogP contribution in [-0.4, -0.2) is 41.9 Å². The van der Waals surface area contributed by atoms with Crippen LogP contribution in [0.1, 0.15) is 0 Å². The second-order valence-electron chi connectivity index (χ2n) is 2.72. The maximum atomic E-state index is 11.2. The molecule has 1 unspecified atom stereocenters. The average Bonchev–Trinajstić information content (AvgIpc) is 2.31. The first-order chi connectivity index (χ1) is 7.27. The Morgan fingerprint density at radius 2 is 2.53 bits per heavy atom. The van der Waals surface area contributed by atoms with E-state index in [1.807, 2.05) is 0 Å². The molecule has 0 aliphatic carbocycles. The van der Waals surface area contributed by atoms with Gasteiger partial charge in [0.25, 0.3) is 0 Å². The number of aromatic nitrogens is 2. The highest BCUT2D eigenvalue weighted by Gasteiger charge is 2.16. The Balaban J connectivity index is 2.44. The van der Waals surface area contributed by atoms with Gasteiger partial charge in [-0.2, -0.15) is 0 Å². The monoisotopic (exact) mass is 227 g/mol. The second-order valence-corrected chi connectivity index (χ2v) is 3.76. The molecule has 0 aromatic carbocycles. The molecule has 0 saturated heterocycles. The zero-order chi connectivity index (χ0) is 11.1. The molecule has 0 amide bonds. The summed E-state index contributed by atoms with van der Waals surface area (Å²) in [5.74, 6) is 0.319. The van der Waals surface area contributed by atoms with Gasteiger partial charge in [-0.05, 0) is 13.1 Å². The lowest BCUT2D eigenvalue weighted by Gasteiger charge is -2.12. The predicted molar refractivity (Wildman–Crippen MR) is 57.6 cm³/mol. The van der Waals surface area contributed by atoms with Gasteiger partial charge in [-0.1, -0.05) is 0 Å². The SMILES string of the molecule is CNC(CSc1ccncn1)C(=O)OC. The van der Waals surface area contributed by atoms with E-state index in [4.69, 9.17) is 0 Å². The van der Waals surface area contributed by atoms with Crippen molar-refractivity contribution in [3.8, 4) is 0 Å². The Hall–Kier alpha value is -1.14. The van der Waals surface area contributed by atoms with Crippen LogP contribution in [0, 0.1) is 0 Å². The number of ether oxygens (including phenoxy) is 1. The van der Waals surface area contributed by atoms with Crippen molar-refractivity contribution in [2.45, 2.75) is 11.1 Å². The van der Waals surface area contributed by atoms with Gasteiger partial charge in [-0.3, -0.25) is 4.79 Å². The summed E-state index contributed by atoms with van der Waals surface area (Å²) in [4.78, 5) is 19.1. The molecule has 1 aromatic heterocycles. The summed E-state index contributed by atoms with van der Waals surface area (Å²) < 4.78 is 4.64. The zero-order valence-corrected chi connectivity index (χ0v) is 9.45. The van der Waals surface area contributed by atoms with Gasteiger partial charge in [0.1, 0.15) is 12.4 Å². The summed E-state index contributed by atoms with van der Waals surface area (Å²) in [6.45, 7) is 0. The topological polar surface area (TPSA) is 64.1 Å². The minimum atomic E-state index is -0.310. The van der Waals surface area contributed by atoms with E-state index in [2.05, 4.69) is 20.0 Å². The molecule has 1 aromatic rings. The summed E-state index contributed by atoms with van der Waals surface area (Å²) in [5.41, 5.74) is 0. The van der Waals surface area contributed by atoms with E-state index in [-0.39, 0.29) is 12.0 Å². The molecule has 1 heterocycles. The smallest absolute Gasteiger partial charge is 0.323 e. The summed E-state index contributed by atoms with van der Waals surface area (Å²) in [6.07, 6.45) is 3.15. The Morgan fingerprint density at radius 3 is 3.07 bits per heavy atom. The number of carbonyl (C=O) groups is 1. The van der Waals surface area contributed by atoms with Crippen LogP contribution >= 0.6 is 11.8 Å². The van der Waals surface area contributed by atoms with E-state index in [0.717, 1.165) is 5.03 Å². The molecule has 1 rings (SSSR count). The van der Waals surface area contributed by atoms with Crippen LogP contribution in [0.3, 0.4) is 0 Å². The standard InChI is InChI=1S/C9H13N3O2S/c1-10-7(9(13)14-2)5-15-8-3-4-11-6-12-8/h3-4,6-7,10H,5H2,1-2H3. The van der Waals surface area contributed by atoms with Crippen molar-refractivity contribution in [2.24, 2.45) is 0 Å². The Morgan fingerprint density at radius 1 is 1.73 bits per heavy atom. The van der Waals surface area contributed by atoms with Gasteiger partial charge < -0.3 is 10.1 Å². The fourth-order valence-electron chi connectivity index (χ4n) is 0.944. The third-order valence-corrected chi connectivity index (χ3v) is 2.82. The number of hydrogen-bond acceptors (Lipinski definition) is 6.